The number of piperidine rings is 1. The van der Waals surface area contributed by atoms with E-state index in [0.29, 0.717) is 11.6 Å². The second-order valence-electron chi connectivity index (χ2n) is 8.44. The number of likely N-dealkylation sites (tertiary alicyclic amines) is 1. The zero-order valence-electron chi connectivity index (χ0n) is 17.4. The van der Waals surface area contributed by atoms with Crippen molar-refractivity contribution in [1.82, 2.24) is 15.2 Å². The van der Waals surface area contributed by atoms with Crippen LogP contribution in [0.15, 0.2) is 23.6 Å². The van der Waals surface area contributed by atoms with Crippen molar-refractivity contribution < 1.29 is 14.0 Å². The molecule has 1 N–H and O–H groups in total. The van der Waals surface area contributed by atoms with Crippen molar-refractivity contribution in [2.24, 2.45) is 5.92 Å². The van der Waals surface area contributed by atoms with Gasteiger partial charge in [-0.1, -0.05) is 36.9 Å². The molecule has 0 atom stereocenters. The molecule has 1 aromatic heterocycles. The van der Waals surface area contributed by atoms with Gasteiger partial charge in [-0.05, 0) is 43.4 Å². The standard InChI is InChI=1S/C23H27ClFN3O2S/c24-18-12-15(6-7-19(18)25)13-26-21(29)20-14-31-22(27-20)16-8-10-28(11-9-16)23(30)17-4-2-1-3-5-17/h6-7,12,14,16-17H,1-5,8-11,13H2,(H,26,29). The fourth-order valence-corrected chi connectivity index (χ4v) is 5.63. The van der Waals surface area contributed by atoms with Crippen LogP contribution in [-0.4, -0.2) is 34.8 Å². The maximum Gasteiger partial charge on any atom is 0.271 e. The van der Waals surface area contributed by atoms with E-state index >= 15 is 0 Å². The maximum atomic E-state index is 13.3. The Bertz CT molecular complexity index is 937. The number of hydrogen-bond acceptors (Lipinski definition) is 4. The minimum atomic E-state index is -0.479. The lowest BCUT2D eigenvalue weighted by molar-refractivity contribution is -0.137. The molecule has 0 spiro atoms. The summed E-state index contributed by atoms with van der Waals surface area (Å²) in [6.45, 7) is 1.80. The predicted octanol–water partition coefficient (Wildman–Crippen LogP) is 5.15. The Balaban J connectivity index is 1.28. The van der Waals surface area contributed by atoms with Crippen molar-refractivity contribution in [3.8, 4) is 0 Å². The van der Waals surface area contributed by atoms with Gasteiger partial charge in [0.1, 0.15) is 11.5 Å². The summed E-state index contributed by atoms with van der Waals surface area (Å²) in [6, 6.07) is 4.39. The Morgan fingerprint density at radius 1 is 1.16 bits per heavy atom. The topological polar surface area (TPSA) is 62.3 Å². The van der Waals surface area contributed by atoms with Crippen molar-refractivity contribution in [2.75, 3.05) is 13.1 Å². The molecule has 2 fully saturated rings. The average molecular weight is 464 g/mol. The van der Waals surface area contributed by atoms with E-state index in [0.717, 1.165) is 49.3 Å². The third-order valence-corrected chi connectivity index (χ3v) is 7.60. The third-order valence-electron chi connectivity index (χ3n) is 6.30. The molecule has 4 rings (SSSR count). The highest BCUT2D eigenvalue weighted by Gasteiger charge is 2.30. The van der Waals surface area contributed by atoms with E-state index in [1.54, 1.807) is 11.4 Å². The zero-order chi connectivity index (χ0) is 21.8. The second-order valence-corrected chi connectivity index (χ2v) is 9.73. The van der Waals surface area contributed by atoms with Crippen LogP contribution in [0.3, 0.4) is 0 Å². The fourth-order valence-electron chi connectivity index (χ4n) is 4.46. The van der Waals surface area contributed by atoms with Gasteiger partial charge in [0.2, 0.25) is 5.91 Å². The van der Waals surface area contributed by atoms with Crippen molar-refractivity contribution in [3.63, 3.8) is 0 Å². The molecule has 166 valence electrons. The average Bonchev–Trinajstić information content (AvgIpc) is 3.30. The van der Waals surface area contributed by atoms with Crippen LogP contribution in [0.5, 0.6) is 0 Å². The van der Waals surface area contributed by atoms with Crippen molar-refractivity contribution in [3.05, 3.63) is 50.7 Å². The molecular weight excluding hydrogens is 437 g/mol. The number of halogens is 2. The van der Waals surface area contributed by atoms with Gasteiger partial charge in [-0.15, -0.1) is 11.3 Å². The number of carbonyl (C=O) groups is 2. The molecule has 5 nitrogen and oxygen atoms in total. The predicted molar refractivity (Wildman–Crippen MR) is 120 cm³/mol. The highest BCUT2D eigenvalue weighted by molar-refractivity contribution is 7.09. The van der Waals surface area contributed by atoms with Crippen LogP contribution in [0.2, 0.25) is 5.02 Å². The van der Waals surface area contributed by atoms with Crippen LogP contribution in [0.25, 0.3) is 0 Å². The molecule has 31 heavy (non-hydrogen) atoms. The minimum Gasteiger partial charge on any atom is -0.347 e. The zero-order valence-corrected chi connectivity index (χ0v) is 19.0. The largest absolute Gasteiger partial charge is 0.347 e. The molecule has 2 aromatic rings. The molecule has 2 heterocycles. The van der Waals surface area contributed by atoms with Gasteiger partial charge in [0.25, 0.3) is 5.91 Å². The third kappa shape index (κ3) is 5.44. The summed E-state index contributed by atoms with van der Waals surface area (Å²) < 4.78 is 13.3. The monoisotopic (exact) mass is 463 g/mol. The number of rotatable bonds is 5. The molecule has 1 aliphatic heterocycles. The highest BCUT2D eigenvalue weighted by Crippen LogP contribution is 2.32. The summed E-state index contributed by atoms with van der Waals surface area (Å²) in [5.41, 5.74) is 1.12. The van der Waals surface area contributed by atoms with E-state index in [-0.39, 0.29) is 29.3 Å². The van der Waals surface area contributed by atoms with Crippen LogP contribution in [0, 0.1) is 11.7 Å². The Labute approximate surface area is 191 Å². The van der Waals surface area contributed by atoms with Crippen molar-refractivity contribution in [2.45, 2.75) is 57.4 Å². The van der Waals surface area contributed by atoms with Gasteiger partial charge in [0.15, 0.2) is 0 Å². The first-order valence-corrected chi connectivity index (χ1v) is 12.2. The van der Waals surface area contributed by atoms with E-state index in [2.05, 4.69) is 10.3 Å². The van der Waals surface area contributed by atoms with Gasteiger partial charge in [-0.2, -0.15) is 0 Å². The Morgan fingerprint density at radius 3 is 2.61 bits per heavy atom. The first-order valence-electron chi connectivity index (χ1n) is 11.0. The van der Waals surface area contributed by atoms with Crippen molar-refractivity contribution >= 4 is 34.8 Å². The molecule has 1 aromatic carbocycles. The Hall–Kier alpha value is -1.99. The molecule has 2 aliphatic rings. The summed E-state index contributed by atoms with van der Waals surface area (Å²) in [7, 11) is 0. The molecule has 8 heteroatoms. The fraction of sp³-hybridized carbons (Fsp3) is 0.522. The lowest BCUT2D eigenvalue weighted by Gasteiger charge is -2.34. The highest BCUT2D eigenvalue weighted by atomic mass is 35.5. The van der Waals surface area contributed by atoms with E-state index in [1.807, 2.05) is 4.90 Å². The van der Waals surface area contributed by atoms with Gasteiger partial charge in [0, 0.05) is 36.9 Å². The first kappa shape index (κ1) is 22.2. The summed E-state index contributed by atoms with van der Waals surface area (Å²) >= 11 is 7.29. The number of nitrogens with one attached hydrogen (secondary N) is 1. The number of nitrogens with zero attached hydrogens (tertiary/aromatic N) is 2. The van der Waals surface area contributed by atoms with Crippen LogP contribution < -0.4 is 5.32 Å². The number of thiazole rings is 1. The quantitative estimate of drug-likeness (QED) is 0.666. The van der Waals surface area contributed by atoms with Crippen LogP contribution in [0.1, 0.15) is 71.9 Å². The van der Waals surface area contributed by atoms with E-state index < -0.39 is 5.82 Å². The number of benzene rings is 1. The minimum absolute atomic E-state index is 0.0380. The van der Waals surface area contributed by atoms with E-state index in [1.165, 1.54) is 42.7 Å². The van der Waals surface area contributed by atoms with Gasteiger partial charge >= 0.3 is 0 Å². The molecule has 2 amide bonds. The summed E-state index contributed by atoms with van der Waals surface area (Å²) in [5.74, 6) is 0.104. The smallest absolute Gasteiger partial charge is 0.271 e. The summed E-state index contributed by atoms with van der Waals surface area (Å²) in [5, 5.41) is 5.58. The maximum absolute atomic E-state index is 13.3. The van der Waals surface area contributed by atoms with Gasteiger partial charge in [-0.25, -0.2) is 9.37 Å². The van der Waals surface area contributed by atoms with Gasteiger partial charge in [0.05, 0.1) is 10.0 Å². The van der Waals surface area contributed by atoms with Crippen LogP contribution >= 0.6 is 22.9 Å². The number of aromatic nitrogens is 1. The molecular formula is C23H27ClFN3O2S. The lowest BCUT2D eigenvalue weighted by atomic mass is 9.87. The summed E-state index contributed by atoms with van der Waals surface area (Å²) in [4.78, 5) is 31.8. The molecule has 1 aliphatic carbocycles. The van der Waals surface area contributed by atoms with Crippen molar-refractivity contribution in [1.29, 1.82) is 0 Å². The first-order chi connectivity index (χ1) is 15.0. The Kier molecular flexibility index (Phi) is 7.23. The number of carbonyl (C=O) groups excluding carboxylic acids is 2. The number of amides is 2. The molecule has 1 saturated heterocycles. The SMILES string of the molecule is O=C(NCc1ccc(F)c(Cl)c1)c1csc(C2CCN(C(=O)C3CCCCC3)CC2)n1. The number of hydrogen-bond donors (Lipinski definition) is 1. The lowest BCUT2D eigenvalue weighted by Crippen LogP contribution is -2.41. The van der Waals surface area contributed by atoms with E-state index in [9.17, 15) is 14.0 Å². The van der Waals surface area contributed by atoms with Crippen LogP contribution in [-0.2, 0) is 11.3 Å². The van der Waals surface area contributed by atoms with Gasteiger partial charge < -0.3 is 10.2 Å². The Morgan fingerprint density at radius 2 is 1.90 bits per heavy atom. The second kappa shape index (κ2) is 10.1. The van der Waals surface area contributed by atoms with Crippen LogP contribution in [0.4, 0.5) is 4.39 Å². The molecule has 0 unspecified atom stereocenters. The van der Waals surface area contributed by atoms with E-state index in [4.69, 9.17) is 11.6 Å². The molecule has 0 radical (unpaired) electrons. The van der Waals surface area contributed by atoms with Gasteiger partial charge in [-0.3, -0.25) is 9.59 Å². The molecule has 1 saturated carbocycles. The molecule has 0 bridgehead atoms. The normalized spacial score (nSPS) is 18.2. The summed E-state index contributed by atoms with van der Waals surface area (Å²) in [6.07, 6.45) is 7.45.